The maximum atomic E-state index is 11.8. The number of ether oxygens (including phenoxy) is 1. The fraction of sp³-hybridized carbons (Fsp3) is 0.312. The maximum absolute atomic E-state index is 11.8. The monoisotopic (exact) mass is 317 g/mol. The topological polar surface area (TPSA) is 93.5 Å². The van der Waals surface area contributed by atoms with Crippen LogP contribution in [-0.4, -0.2) is 33.4 Å². The molecule has 0 atom stereocenters. The molecule has 1 amide bonds. The first kappa shape index (κ1) is 16.5. The summed E-state index contributed by atoms with van der Waals surface area (Å²) < 4.78 is 6.86. The van der Waals surface area contributed by atoms with Crippen LogP contribution in [0.2, 0.25) is 0 Å². The van der Waals surface area contributed by atoms with Crippen molar-refractivity contribution in [3.63, 3.8) is 0 Å². The number of nitrogens with one attached hydrogen (secondary N) is 1. The van der Waals surface area contributed by atoms with Crippen LogP contribution in [0.4, 0.5) is 5.82 Å². The van der Waals surface area contributed by atoms with Crippen molar-refractivity contribution in [3.05, 3.63) is 41.6 Å². The van der Waals surface area contributed by atoms with Crippen LogP contribution in [0.1, 0.15) is 17.5 Å². The number of nitrogens with zero attached hydrogens (tertiary/aromatic N) is 2. The summed E-state index contributed by atoms with van der Waals surface area (Å²) >= 11 is 0. The highest BCUT2D eigenvalue weighted by Crippen LogP contribution is 2.19. The van der Waals surface area contributed by atoms with Gasteiger partial charge in [0.25, 0.3) is 0 Å². The zero-order valence-corrected chi connectivity index (χ0v) is 13.1. The summed E-state index contributed by atoms with van der Waals surface area (Å²) in [7, 11) is 0. The summed E-state index contributed by atoms with van der Waals surface area (Å²) in [5.74, 6) is -0.143. The summed E-state index contributed by atoms with van der Waals surface area (Å²) in [5.41, 5.74) is 2.11. The molecule has 0 aliphatic rings. The van der Waals surface area contributed by atoms with E-state index in [0.717, 1.165) is 16.9 Å². The van der Waals surface area contributed by atoms with Crippen molar-refractivity contribution in [2.75, 3.05) is 11.9 Å². The van der Waals surface area contributed by atoms with Crippen molar-refractivity contribution in [2.45, 2.75) is 26.8 Å². The summed E-state index contributed by atoms with van der Waals surface area (Å²) in [4.78, 5) is 22.4. The van der Waals surface area contributed by atoms with E-state index in [9.17, 15) is 9.59 Å². The Morgan fingerprint density at radius 1 is 1.30 bits per heavy atom. The number of benzene rings is 1. The third-order valence-corrected chi connectivity index (χ3v) is 3.14. The van der Waals surface area contributed by atoms with Gasteiger partial charge in [-0.1, -0.05) is 12.1 Å². The quantitative estimate of drug-likeness (QED) is 0.814. The van der Waals surface area contributed by atoms with Crippen LogP contribution in [0.5, 0.6) is 5.75 Å². The number of carboxylic acids is 1. The fourth-order valence-corrected chi connectivity index (χ4v) is 1.98. The molecule has 0 spiro atoms. The molecule has 0 unspecified atom stereocenters. The van der Waals surface area contributed by atoms with Crippen molar-refractivity contribution in [1.82, 2.24) is 9.78 Å². The highest BCUT2D eigenvalue weighted by Gasteiger charge is 2.08. The zero-order chi connectivity index (χ0) is 16.8. The van der Waals surface area contributed by atoms with Gasteiger partial charge >= 0.3 is 5.97 Å². The van der Waals surface area contributed by atoms with E-state index >= 15 is 0 Å². The molecule has 2 aromatic rings. The number of hydrogen-bond donors (Lipinski definition) is 2. The Bertz CT molecular complexity index is 709. The van der Waals surface area contributed by atoms with Crippen LogP contribution in [0.15, 0.2) is 30.5 Å². The van der Waals surface area contributed by atoms with Gasteiger partial charge in [-0.05, 0) is 31.0 Å². The molecular weight excluding hydrogens is 298 g/mol. The van der Waals surface area contributed by atoms with Gasteiger partial charge in [-0.15, -0.1) is 0 Å². The minimum atomic E-state index is -0.993. The molecule has 7 heteroatoms. The lowest BCUT2D eigenvalue weighted by molar-refractivity contribution is -0.137. The highest BCUT2D eigenvalue weighted by atomic mass is 16.5. The van der Waals surface area contributed by atoms with Crippen molar-refractivity contribution >= 4 is 17.7 Å². The maximum Gasteiger partial charge on any atom is 0.325 e. The summed E-state index contributed by atoms with van der Waals surface area (Å²) in [5, 5.41) is 15.2. The number of rotatable bonds is 7. The average Bonchev–Trinajstić information content (AvgIpc) is 2.88. The Labute approximate surface area is 133 Å². The molecule has 0 saturated carbocycles. The van der Waals surface area contributed by atoms with Gasteiger partial charge in [-0.2, -0.15) is 5.10 Å². The van der Waals surface area contributed by atoms with E-state index in [2.05, 4.69) is 10.4 Å². The molecular formula is C16H19N3O4. The SMILES string of the molecule is Cc1ccc(C)c(OCCC(=O)Nc2ccn(CC(=O)O)n2)c1. The van der Waals surface area contributed by atoms with E-state index in [0.29, 0.717) is 5.82 Å². The Morgan fingerprint density at radius 3 is 2.83 bits per heavy atom. The van der Waals surface area contributed by atoms with E-state index in [4.69, 9.17) is 9.84 Å². The number of carboxylic acid groups (broad SMARTS) is 1. The lowest BCUT2D eigenvalue weighted by Crippen LogP contribution is -2.16. The molecule has 0 aliphatic heterocycles. The predicted octanol–water partition coefficient (Wildman–Crippen LogP) is 1.99. The first-order valence-corrected chi connectivity index (χ1v) is 7.19. The normalized spacial score (nSPS) is 10.3. The molecule has 0 saturated heterocycles. The van der Waals surface area contributed by atoms with Gasteiger partial charge in [0.2, 0.25) is 5.91 Å². The largest absolute Gasteiger partial charge is 0.493 e. The van der Waals surface area contributed by atoms with Gasteiger partial charge in [-0.3, -0.25) is 14.3 Å². The van der Waals surface area contributed by atoms with Crippen LogP contribution in [0.25, 0.3) is 0 Å². The van der Waals surface area contributed by atoms with Gasteiger partial charge in [0.1, 0.15) is 12.3 Å². The molecule has 2 N–H and O–H groups in total. The molecule has 122 valence electrons. The summed E-state index contributed by atoms with van der Waals surface area (Å²) in [6.07, 6.45) is 1.68. The Hall–Kier alpha value is -2.83. The molecule has 7 nitrogen and oxygen atoms in total. The van der Waals surface area contributed by atoms with Crippen LogP contribution in [-0.2, 0) is 16.1 Å². The van der Waals surface area contributed by atoms with E-state index in [1.807, 2.05) is 32.0 Å². The number of aryl methyl sites for hydroxylation is 2. The minimum absolute atomic E-state index is 0.180. The standard InChI is InChI=1S/C16H19N3O4/c1-11-3-4-12(2)13(9-11)23-8-6-15(20)17-14-5-7-19(18-14)10-16(21)22/h3-5,7,9H,6,8,10H2,1-2H3,(H,21,22)(H,17,18,20). The Balaban J connectivity index is 1.80. The number of aliphatic carboxylic acids is 1. The van der Waals surface area contributed by atoms with Gasteiger partial charge in [-0.25, -0.2) is 0 Å². The number of amides is 1. The smallest absolute Gasteiger partial charge is 0.325 e. The molecule has 0 aliphatic carbocycles. The second kappa shape index (κ2) is 7.44. The van der Waals surface area contributed by atoms with Gasteiger partial charge in [0.15, 0.2) is 5.82 Å². The van der Waals surface area contributed by atoms with Crippen molar-refractivity contribution in [1.29, 1.82) is 0 Å². The lowest BCUT2D eigenvalue weighted by Gasteiger charge is -2.09. The number of hydrogen-bond acceptors (Lipinski definition) is 4. The van der Waals surface area contributed by atoms with Crippen LogP contribution in [0.3, 0.4) is 0 Å². The third-order valence-electron chi connectivity index (χ3n) is 3.14. The van der Waals surface area contributed by atoms with Crippen LogP contribution in [0, 0.1) is 13.8 Å². The molecule has 1 aromatic carbocycles. The second-order valence-corrected chi connectivity index (χ2v) is 5.21. The van der Waals surface area contributed by atoms with Crippen molar-refractivity contribution < 1.29 is 19.4 Å². The first-order valence-electron chi connectivity index (χ1n) is 7.19. The van der Waals surface area contributed by atoms with Crippen molar-refractivity contribution in [3.8, 4) is 5.75 Å². The van der Waals surface area contributed by atoms with E-state index in [1.165, 1.54) is 10.9 Å². The molecule has 1 aromatic heterocycles. The lowest BCUT2D eigenvalue weighted by atomic mass is 10.1. The van der Waals surface area contributed by atoms with Crippen LogP contribution < -0.4 is 10.1 Å². The fourth-order valence-electron chi connectivity index (χ4n) is 1.98. The number of anilines is 1. The highest BCUT2D eigenvalue weighted by molar-refractivity contribution is 5.89. The summed E-state index contributed by atoms with van der Waals surface area (Å²) in [6, 6.07) is 7.45. The second-order valence-electron chi connectivity index (χ2n) is 5.21. The van der Waals surface area contributed by atoms with E-state index < -0.39 is 5.97 Å². The summed E-state index contributed by atoms with van der Waals surface area (Å²) in [6.45, 7) is 3.94. The van der Waals surface area contributed by atoms with E-state index in [-0.39, 0.29) is 25.5 Å². The predicted molar refractivity (Wildman–Crippen MR) is 84.5 cm³/mol. The van der Waals surface area contributed by atoms with Gasteiger partial charge in [0.05, 0.1) is 13.0 Å². The first-order chi connectivity index (χ1) is 10.9. The molecule has 0 fully saturated rings. The molecule has 2 rings (SSSR count). The van der Waals surface area contributed by atoms with Crippen molar-refractivity contribution in [2.24, 2.45) is 0 Å². The number of carbonyl (C=O) groups is 2. The molecule has 1 heterocycles. The molecule has 0 bridgehead atoms. The molecule has 0 radical (unpaired) electrons. The van der Waals surface area contributed by atoms with Crippen LogP contribution >= 0.6 is 0 Å². The number of carbonyl (C=O) groups excluding carboxylic acids is 1. The van der Waals surface area contributed by atoms with Gasteiger partial charge < -0.3 is 15.2 Å². The Morgan fingerprint density at radius 2 is 2.09 bits per heavy atom. The third kappa shape index (κ3) is 5.14. The molecule has 23 heavy (non-hydrogen) atoms. The van der Waals surface area contributed by atoms with Gasteiger partial charge in [0, 0.05) is 12.3 Å². The zero-order valence-electron chi connectivity index (χ0n) is 13.1. The average molecular weight is 317 g/mol. The Kier molecular flexibility index (Phi) is 5.35. The number of aromatic nitrogens is 2. The minimum Gasteiger partial charge on any atom is -0.493 e. The van der Waals surface area contributed by atoms with E-state index in [1.54, 1.807) is 6.07 Å².